The number of nitrogens with one attached hydrogen (secondary N) is 1. The molecule has 0 heterocycles. The van der Waals surface area contributed by atoms with E-state index in [-0.39, 0.29) is 32.1 Å². The van der Waals surface area contributed by atoms with Gasteiger partial charge in [0.15, 0.2) is 0 Å². The molecule has 0 fully saturated rings. The molecule has 13 heavy (non-hydrogen) atoms. The molecular formula is C7H13NO5. The average Bonchev–Trinajstić information content (AvgIpc) is 2.08. The van der Waals surface area contributed by atoms with Crippen molar-refractivity contribution >= 4 is 12.1 Å². The van der Waals surface area contributed by atoms with Crippen molar-refractivity contribution in [2.24, 2.45) is 0 Å². The Morgan fingerprint density at radius 1 is 1.38 bits per heavy atom. The van der Waals surface area contributed by atoms with Gasteiger partial charge >= 0.3 is 6.16 Å². The van der Waals surface area contributed by atoms with Crippen molar-refractivity contribution in [1.82, 2.24) is 5.32 Å². The first-order valence-electron chi connectivity index (χ1n) is 3.90. The molecule has 0 spiro atoms. The van der Waals surface area contributed by atoms with Crippen LogP contribution in [0.25, 0.3) is 0 Å². The zero-order valence-electron chi connectivity index (χ0n) is 7.15. The van der Waals surface area contributed by atoms with Crippen LogP contribution in [-0.2, 0) is 9.53 Å². The first-order chi connectivity index (χ1) is 6.16. The Morgan fingerprint density at radius 2 is 2.08 bits per heavy atom. The molecular weight excluding hydrogens is 178 g/mol. The molecule has 0 rings (SSSR count). The summed E-state index contributed by atoms with van der Waals surface area (Å²) in [5, 5.41) is 18.9. The van der Waals surface area contributed by atoms with Crippen LogP contribution in [0.1, 0.15) is 12.8 Å². The summed E-state index contributed by atoms with van der Waals surface area (Å²) in [6.45, 7) is 0.0792. The fourth-order valence-corrected chi connectivity index (χ4v) is 0.657. The van der Waals surface area contributed by atoms with Crippen molar-refractivity contribution in [2.45, 2.75) is 12.8 Å². The van der Waals surface area contributed by atoms with Crippen molar-refractivity contribution in [3.8, 4) is 0 Å². The van der Waals surface area contributed by atoms with Gasteiger partial charge < -0.3 is 20.3 Å². The molecule has 0 atom stereocenters. The first-order valence-corrected chi connectivity index (χ1v) is 3.90. The second-order valence-electron chi connectivity index (χ2n) is 2.29. The van der Waals surface area contributed by atoms with Gasteiger partial charge in [0.1, 0.15) is 6.61 Å². The number of aliphatic hydroxyl groups is 1. The van der Waals surface area contributed by atoms with Crippen LogP contribution in [-0.4, -0.2) is 42.0 Å². The third-order valence-electron chi connectivity index (χ3n) is 1.21. The highest BCUT2D eigenvalue weighted by atomic mass is 16.7. The maximum atomic E-state index is 10.8. The molecule has 0 saturated carbocycles. The molecule has 76 valence electrons. The Balaban J connectivity index is 3.22. The quantitative estimate of drug-likeness (QED) is 0.391. The van der Waals surface area contributed by atoms with Crippen molar-refractivity contribution in [2.75, 3.05) is 19.8 Å². The van der Waals surface area contributed by atoms with Crippen molar-refractivity contribution in [1.29, 1.82) is 0 Å². The summed E-state index contributed by atoms with van der Waals surface area (Å²) in [4.78, 5) is 20.7. The van der Waals surface area contributed by atoms with Gasteiger partial charge in [0.05, 0.1) is 6.54 Å². The largest absolute Gasteiger partial charge is 0.505 e. The Bertz CT molecular complexity index is 170. The lowest BCUT2D eigenvalue weighted by Gasteiger charge is -2.03. The van der Waals surface area contributed by atoms with Gasteiger partial charge in [0.25, 0.3) is 0 Å². The predicted molar refractivity (Wildman–Crippen MR) is 43.3 cm³/mol. The number of carbonyl (C=O) groups excluding carboxylic acids is 1. The van der Waals surface area contributed by atoms with E-state index in [1.54, 1.807) is 0 Å². The van der Waals surface area contributed by atoms with Crippen molar-refractivity contribution in [3.05, 3.63) is 0 Å². The molecule has 0 aliphatic carbocycles. The van der Waals surface area contributed by atoms with Gasteiger partial charge in [-0.2, -0.15) is 0 Å². The van der Waals surface area contributed by atoms with Crippen LogP contribution >= 0.6 is 0 Å². The van der Waals surface area contributed by atoms with Gasteiger partial charge in [-0.25, -0.2) is 4.79 Å². The molecule has 3 N–H and O–H groups in total. The van der Waals surface area contributed by atoms with Gasteiger partial charge in [0, 0.05) is 13.0 Å². The molecule has 0 unspecified atom stereocenters. The summed E-state index contributed by atoms with van der Waals surface area (Å²) in [7, 11) is 0. The van der Waals surface area contributed by atoms with Crippen LogP contribution in [0.4, 0.5) is 4.79 Å². The van der Waals surface area contributed by atoms with Gasteiger partial charge in [-0.1, -0.05) is 0 Å². The summed E-state index contributed by atoms with van der Waals surface area (Å²) in [5.41, 5.74) is 0. The van der Waals surface area contributed by atoms with Crippen LogP contribution in [0.5, 0.6) is 0 Å². The van der Waals surface area contributed by atoms with Crippen LogP contribution in [0.2, 0.25) is 0 Å². The van der Waals surface area contributed by atoms with E-state index >= 15 is 0 Å². The van der Waals surface area contributed by atoms with Crippen LogP contribution < -0.4 is 5.32 Å². The molecule has 6 nitrogen and oxygen atoms in total. The van der Waals surface area contributed by atoms with Crippen molar-refractivity contribution in [3.63, 3.8) is 0 Å². The lowest BCUT2D eigenvalue weighted by atomic mass is 10.3. The third kappa shape index (κ3) is 8.61. The smallest absolute Gasteiger partial charge is 0.450 e. The van der Waals surface area contributed by atoms with Crippen LogP contribution in [0.15, 0.2) is 0 Å². The standard InChI is InChI=1S/C7H13NO5/c9-4-1-2-6(10)8-3-5-13-7(11)12/h9H,1-5H2,(H,8,10)(H,11,12). The predicted octanol–water partition coefficient (Wildman–Crippen LogP) is -0.430. The van der Waals surface area contributed by atoms with Crippen molar-refractivity contribution < 1.29 is 24.5 Å². The third-order valence-corrected chi connectivity index (χ3v) is 1.21. The summed E-state index contributed by atoms with van der Waals surface area (Å²) in [5.74, 6) is -0.219. The number of carbonyl (C=O) groups is 2. The van der Waals surface area contributed by atoms with E-state index in [1.165, 1.54) is 0 Å². The average molecular weight is 191 g/mol. The fourth-order valence-electron chi connectivity index (χ4n) is 0.657. The Labute approximate surface area is 75.5 Å². The first kappa shape index (κ1) is 11.7. The Kier molecular flexibility index (Phi) is 6.62. The Morgan fingerprint density at radius 3 is 2.62 bits per heavy atom. The minimum Gasteiger partial charge on any atom is -0.450 e. The minimum atomic E-state index is -1.36. The second kappa shape index (κ2) is 7.35. The summed E-state index contributed by atoms with van der Waals surface area (Å²) in [6.07, 6.45) is -0.709. The molecule has 0 aromatic heterocycles. The van der Waals surface area contributed by atoms with Gasteiger partial charge in [-0.3, -0.25) is 4.79 Å². The maximum Gasteiger partial charge on any atom is 0.505 e. The second-order valence-corrected chi connectivity index (χ2v) is 2.29. The summed E-state index contributed by atoms with van der Waals surface area (Å²) in [6, 6.07) is 0. The highest BCUT2D eigenvalue weighted by Crippen LogP contribution is 1.85. The van der Waals surface area contributed by atoms with E-state index < -0.39 is 6.16 Å². The van der Waals surface area contributed by atoms with E-state index in [4.69, 9.17) is 10.2 Å². The lowest BCUT2D eigenvalue weighted by Crippen LogP contribution is -2.27. The maximum absolute atomic E-state index is 10.8. The van der Waals surface area contributed by atoms with E-state index in [0.717, 1.165) is 0 Å². The SMILES string of the molecule is O=C(CCCO)NCCOC(=O)O. The number of aliphatic hydroxyl groups excluding tert-OH is 1. The highest BCUT2D eigenvalue weighted by Gasteiger charge is 2.00. The van der Waals surface area contributed by atoms with Gasteiger partial charge in [-0.05, 0) is 6.42 Å². The molecule has 0 aromatic carbocycles. The zero-order valence-corrected chi connectivity index (χ0v) is 7.15. The number of carboxylic acid groups (broad SMARTS) is 1. The molecule has 0 aliphatic rings. The molecule has 0 aliphatic heterocycles. The van der Waals surface area contributed by atoms with E-state index in [2.05, 4.69) is 10.1 Å². The lowest BCUT2D eigenvalue weighted by molar-refractivity contribution is -0.121. The molecule has 0 radical (unpaired) electrons. The van der Waals surface area contributed by atoms with Gasteiger partial charge in [0.2, 0.25) is 5.91 Å². The van der Waals surface area contributed by atoms with Crippen LogP contribution in [0.3, 0.4) is 0 Å². The topological polar surface area (TPSA) is 95.9 Å². The summed E-state index contributed by atoms with van der Waals surface area (Å²) < 4.78 is 4.15. The molecule has 0 saturated heterocycles. The number of ether oxygens (including phenoxy) is 1. The van der Waals surface area contributed by atoms with Gasteiger partial charge in [-0.15, -0.1) is 0 Å². The molecule has 1 amide bonds. The molecule has 6 heteroatoms. The number of amides is 1. The number of hydrogen-bond acceptors (Lipinski definition) is 4. The molecule has 0 aromatic rings. The van der Waals surface area contributed by atoms with E-state index in [9.17, 15) is 9.59 Å². The zero-order chi connectivity index (χ0) is 10.1. The highest BCUT2D eigenvalue weighted by molar-refractivity contribution is 5.75. The Hall–Kier alpha value is -1.30. The molecule has 0 bridgehead atoms. The number of hydrogen-bond donors (Lipinski definition) is 3. The van der Waals surface area contributed by atoms with E-state index in [1.807, 2.05) is 0 Å². The monoisotopic (exact) mass is 191 g/mol. The summed E-state index contributed by atoms with van der Waals surface area (Å²) >= 11 is 0. The van der Waals surface area contributed by atoms with E-state index in [0.29, 0.717) is 6.42 Å². The van der Waals surface area contributed by atoms with Crippen LogP contribution in [0, 0.1) is 0 Å². The minimum absolute atomic E-state index is 0.0287. The normalized spacial score (nSPS) is 9.31. The number of rotatable bonds is 6. The fraction of sp³-hybridized carbons (Fsp3) is 0.714.